The number of aliphatic hydroxyl groups is 2. The molecule has 8 heteroatoms. The van der Waals surface area contributed by atoms with Crippen molar-refractivity contribution in [1.82, 2.24) is 0 Å². The number of nitrogens with two attached hydrogens (primary N) is 2. The molecule has 0 spiro atoms. The number of rotatable bonds is 10. The van der Waals surface area contributed by atoms with E-state index in [1.807, 2.05) is 0 Å². The summed E-state index contributed by atoms with van der Waals surface area (Å²) in [5.41, 5.74) is 11.9. The normalized spacial score (nSPS) is 25.5. The lowest BCUT2D eigenvalue weighted by atomic mass is 9.85. The monoisotopic (exact) mass is 391 g/mol. The quantitative estimate of drug-likeness (QED) is 0.333. The molecule has 0 saturated heterocycles. The van der Waals surface area contributed by atoms with Gasteiger partial charge in [-0.15, -0.1) is 0 Å². The third-order valence-corrected chi connectivity index (χ3v) is 6.56. The molecule has 2 fully saturated rings. The van der Waals surface area contributed by atoms with Crippen LogP contribution in [0.3, 0.4) is 0 Å². The molecule has 2 unspecified atom stereocenters. The van der Waals surface area contributed by atoms with E-state index in [9.17, 15) is 14.8 Å². The average molecular weight is 391 g/mol. The van der Waals surface area contributed by atoms with Gasteiger partial charge in [0.25, 0.3) is 0 Å². The van der Waals surface area contributed by atoms with Crippen LogP contribution in [0.15, 0.2) is 0 Å². The van der Waals surface area contributed by atoms with Crippen LogP contribution in [0, 0.1) is 11.8 Å². The van der Waals surface area contributed by atoms with Crippen molar-refractivity contribution < 1.29 is 23.8 Å². The van der Waals surface area contributed by atoms with E-state index < -0.39 is 32.9 Å². The van der Waals surface area contributed by atoms with Crippen LogP contribution in [0.2, 0.25) is 0 Å². The van der Waals surface area contributed by atoms with E-state index in [1.165, 1.54) is 38.5 Å². The van der Waals surface area contributed by atoms with Crippen molar-refractivity contribution in [3.05, 3.63) is 0 Å². The van der Waals surface area contributed by atoms with Gasteiger partial charge in [-0.05, 0) is 24.7 Å². The summed E-state index contributed by atoms with van der Waals surface area (Å²) in [7, 11) is -2.68. The molecule has 0 aliphatic heterocycles. The minimum atomic E-state index is -2.68. The van der Waals surface area contributed by atoms with Crippen LogP contribution < -0.4 is 11.5 Å². The van der Waals surface area contributed by atoms with Crippen molar-refractivity contribution in [2.75, 3.05) is 0 Å². The Morgan fingerprint density at radius 1 is 0.769 bits per heavy atom. The molecule has 7 nitrogen and oxygen atoms in total. The summed E-state index contributed by atoms with van der Waals surface area (Å²) in [5, 5.41) is 20.0. The number of hydrogen-bond donors (Lipinski definition) is 4. The van der Waals surface area contributed by atoms with Crippen LogP contribution in [-0.2, 0) is 13.6 Å². The molecule has 2 aliphatic carbocycles. The van der Waals surface area contributed by atoms with Gasteiger partial charge in [-0.3, -0.25) is 0 Å². The molecule has 2 saturated carbocycles. The largest absolute Gasteiger partial charge is 0.702 e. The molecule has 0 radical (unpaired) electrons. The van der Waals surface area contributed by atoms with Gasteiger partial charge in [0.05, 0.1) is 12.1 Å². The van der Waals surface area contributed by atoms with Gasteiger partial charge in [0.15, 0.2) is 0 Å². The van der Waals surface area contributed by atoms with Gasteiger partial charge in [0.2, 0.25) is 12.6 Å². The van der Waals surface area contributed by atoms with E-state index in [1.54, 1.807) is 0 Å². The first-order chi connectivity index (χ1) is 12.5. The predicted octanol–water partition coefficient (Wildman–Crippen LogP) is 2.91. The van der Waals surface area contributed by atoms with Gasteiger partial charge in [0.1, 0.15) is 0 Å². The van der Waals surface area contributed by atoms with Gasteiger partial charge in [-0.25, -0.2) is 0 Å². The van der Waals surface area contributed by atoms with E-state index in [-0.39, 0.29) is 0 Å². The lowest BCUT2D eigenvalue weighted by Crippen LogP contribution is -2.39. The average Bonchev–Trinajstić information content (AvgIpc) is 2.63. The molecule has 4 atom stereocenters. The minimum Gasteiger partial charge on any atom is -0.363 e. The van der Waals surface area contributed by atoms with E-state index in [0.29, 0.717) is 24.7 Å². The summed E-state index contributed by atoms with van der Waals surface area (Å²) in [6, 6.07) is -1.23. The lowest BCUT2D eigenvalue weighted by molar-refractivity contribution is -0.0803. The summed E-state index contributed by atoms with van der Waals surface area (Å²) in [6.45, 7) is 0. The van der Waals surface area contributed by atoms with Gasteiger partial charge < -0.3 is 21.7 Å². The van der Waals surface area contributed by atoms with Crippen molar-refractivity contribution in [3.63, 3.8) is 0 Å². The van der Waals surface area contributed by atoms with Crippen molar-refractivity contribution in [1.29, 1.82) is 0 Å². The molecular formula is C18H36N2O5P+. The SMILES string of the molecule is N[C@@H](CC1CCCCC1)C(O)O[P+](=O)OC(O)[C@@H](N)CC1CCCCC1. The van der Waals surface area contributed by atoms with Gasteiger partial charge in [0, 0.05) is 4.57 Å². The fourth-order valence-electron chi connectivity index (χ4n) is 4.21. The molecule has 0 heterocycles. The third kappa shape index (κ3) is 7.85. The standard InChI is InChI=1S/C18H36N2O5P/c19-15(11-13-7-3-1-4-8-13)17(21)24-26(23)25-18(22)16(20)12-14-9-5-2-6-10-14/h13-18,21-22H,1-12,19-20H2/q+1/t15-,16-,17?,18?/m0/s1. The van der Waals surface area contributed by atoms with E-state index >= 15 is 0 Å². The van der Waals surface area contributed by atoms with Gasteiger partial charge in [-0.2, -0.15) is 0 Å². The van der Waals surface area contributed by atoms with Gasteiger partial charge >= 0.3 is 8.25 Å². The zero-order valence-corrected chi connectivity index (χ0v) is 16.6. The highest BCUT2D eigenvalue weighted by Crippen LogP contribution is 2.33. The molecule has 152 valence electrons. The van der Waals surface area contributed by atoms with E-state index in [0.717, 1.165) is 25.7 Å². The Bertz CT molecular complexity index is 380. The molecule has 0 aromatic rings. The van der Waals surface area contributed by atoms with Gasteiger partial charge in [-0.1, -0.05) is 73.3 Å². The summed E-state index contributed by atoms with van der Waals surface area (Å²) in [4.78, 5) is 0. The summed E-state index contributed by atoms with van der Waals surface area (Å²) in [5.74, 6) is 0.954. The second-order valence-corrected chi connectivity index (χ2v) is 8.89. The van der Waals surface area contributed by atoms with Crippen LogP contribution in [0.5, 0.6) is 0 Å². The van der Waals surface area contributed by atoms with Crippen LogP contribution in [0.4, 0.5) is 0 Å². The maximum atomic E-state index is 11.9. The topological polar surface area (TPSA) is 128 Å². The fourth-order valence-corrected chi connectivity index (χ4v) is 4.92. The molecule has 6 N–H and O–H groups in total. The smallest absolute Gasteiger partial charge is 0.363 e. The number of aliphatic hydroxyl groups excluding tert-OH is 2. The van der Waals surface area contributed by atoms with Crippen LogP contribution >= 0.6 is 8.25 Å². The molecule has 0 aromatic heterocycles. The van der Waals surface area contributed by atoms with Crippen molar-refractivity contribution in [2.45, 2.75) is 102 Å². The maximum Gasteiger partial charge on any atom is 0.702 e. The molecule has 0 bridgehead atoms. The van der Waals surface area contributed by atoms with Crippen LogP contribution in [0.25, 0.3) is 0 Å². The molecule has 26 heavy (non-hydrogen) atoms. The van der Waals surface area contributed by atoms with Crippen molar-refractivity contribution >= 4 is 8.25 Å². The lowest BCUT2D eigenvalue weighted by Gasteiger charge is -2.25. The molecule has 0 amide bonds. The Balaban J connectivity index is 1.66. The van der Waals surface area contributed by atoms with Crippen molar-refractivity contribution in [2.24, 2.45) is 23.3 Å². The van der Waals surface area contributed by atoms with Crippen LogP contribution in [0.1, 0.15) is 77.0 Å². The highest BCUT2D eigenvalue weighted by molar-refractivity contribution is 7.33. The first-order valence-electron chi connectivity index (χ1n) is 10.1. The summed E-state index contributed by atoms with van der Waals surface area (Å²) < 4.78 is 21.9. The zero-order valence-electron chi connectivity index (χ0n) is 15.7. The van der Waals surface area contributed by atoms with E-state index in [4.69, 9.17) is 20.5 Å². The highest BCUT2D eigenvalue weighted by Gasteiger charge is 2.36. The highest BCUT2D eigenvalue weighted by atomic mass is 31.1. The molecule has 2 aliphatic rings. The Labute approximate surface area is 157 Å². The second kappa shape index (κ2) is 11.6. The number of hydrogen-bond acceptors (Lipinski definition) is 7. The Hall–Kier alpha value is -0.140. The van der Waals surface area contributed by atoms with E-state index in [2.05, 4.69) is 0 Å². The fraction of sp³-hybridized carbons (Fsp3) is 1.00. The third-order valence-electron chi connectivity index (χ3n) is 5.78. The Morgan fingerprint density at radius 2 is 1.12 bits per heavy atom. The summed E-state index contributed by atoms with van der Waals surface area (Å²) in [6.07, 6.45) is 10.2. The Kier molecular flexibility index (Phi) is 9.92. The Morgan fingerprint density at radius 3 is 1.46 bits per heavy atom. The maximum absolute atomic E-state index is 11.9. The minimum absolute atomic E-state index is 0.477. The zero-order chi connectivity index (χ0) is 18.9. The first kappa shape index (κ1) is 22.2. The first-order valence-corrected chi connectivity index (χ1v) is 11.2. The van der Waals surface area contributed by atoms with Crippen LogP contribution in [-0.4, -0.2) is 34.9 Å². The van der Waals surface area contributed by atoms with Crippen molar-refractivity contribution in [3.8, 4) is 0 Å². The predicted molar refractivity (Wildman–Crippen MR) is 100 cm³/mol. The molecular weight excluding hydrogens is 355 g/mol. The molecule has 0 aromatic carbocycles. The summed E-state index contributed by atoms with van der Waals surface area (Å²) >= 11 is 0. The molecule has 2 rings (SSSR count). The second-order valence-electron chi connectivity index (χ2n) is 8.02.